The summed E-state index contributed by atoms with van der Waals surface area (Å²) in [6, 6.07) is 4.80. The summed E-state index contributed by atoms with van der Waals surface area (Å²) in [5, 5.41) is 4.49. The van der Waals surface area contributed by atoms with E-state index < -0.39 is 0 Å². The van der Waals surface area contributed by atoms with Gasteiger partial charge in [-0.25, -0.2) is 0 Å². The first kappa shape index (κ1) is 15.9. The van der Waals surface area contributed by atoms with Crippen molar-refractivity contribution >= 4 is 29.1 Å². The standard InChI is InChI=1S/C15H23NO2S2/c1-3-19-12-5-4-11(8-12)16-10-14-7-6-13(20-14)9-15(17)18-2/h6-7,11-12,16H,3-5,8-10H2,1-2H3. The zero-order chi connectivity index (χ0) is 14.4. The number of carbonyl (C=O) groups excluding carboxylic acids is 1. The van der Waals surface area contributed by atoms with E-state index in [4.69, 9.17) is 0 Å². The Morgan fingerprint density at radius 1 is 1.45 bits per heavy atom. The highest BCUT2D eigenvalue weighted by Crippen LogP contribution is 2.30. The first-order valence-electron chi connectivity index (χ1n) is 7.20. The molecule has 2 unspecified atom stereocenters. The van der Waals surface area contributed by atoms with Gasteiger partial charge in [0.1, 0.15) is 0 Å². The van der Waals surface area contributed by atoms with Crippen LogP contribution < -0.4 is 5.32 Å². The average Bonchev–Trinajstić information content (AvgIpc) is 3.06. The van der Waals surface area contributed by atoms with E-state index in [2.05, 4.69) is 34.8 Å². The highest BCUT2D eigenvalue weighted by atomic mass is 32.2. The molecule has 5 heteroatoms. The second-order valence-electron chi connectivity index (χ2n) is 5.09. The molecule has 1 N–H and O–H groups in total. The quantitative estimate of drug-likeness (QED) is 0.784. The molecule has 0 aromatic carbocycles. The van der Waals surface area contributed by atoms with Gasteiger partial charge in [-0.2, -0.15) is 11.8 Å². The number of methoxy groups -OCH3 is 1. The summed E-state index contributed by atoms with van der Waals surface area (Å²) >= 11 is 3.79. The molecule has 1 aliphatic carbocycles. The molecule has 1 heterocycles. The summed E-state index contributed by atoms with van der Waals surface area (Å²) in [5.74, 6) is 1.06. The second kappa shape index (κ2) is 8.05. The first-order valence-corrected chi connectivity index (χ1v) is 9.07. The molecule has 0 amide bonds. The van der Waals surface area contributed by atoms with Gasteiger partial charge in [0, 0.05) is 27.6 Å². The third-order valence-electron chi connectivity index (χ3n) is 3.62. The number of rotatable bonds is 7. The summed E-state index contributed by atoms with van der Waals surface area (Å²) in [7, 11) is 1.43. The van der Waals surface area contributed by atoms with E-state index in [9.17, 15) is 4.79 Å². The molecule has 1 saturated carbocycles. The SMILES string of the molecule is CCSC1CCC(NCc2ccc(CC(=O)OC)s2)C1. The van der Waals surface area contributed by atoms with Crippen LogP contribution in [0.1, 0.15) is 35.9 Å². The molecule has 20 heavy (non-hydrogen) atoms. The average molecular weight is 313 g/mol. The van der Waals surface area contributed by atoms with E-state index in [-0.39, 0.29) is 5.97 Å². The Balaban J connectivity index is 1.73. The Morgan fingerprint density at radius 2 is 2.25 bits per heavy atom. The van der Waals surface area contributed by atoms with E-state index in [1.54, 1.807) is 11.3 Å². The van der Waals surface area contributed by atoms with Gasteiger partial charge in [0.05, 0.1) is 13.5 Å². The number of hydrogen-bond donors (Lipinski definition) is 1. The Bertz CT molecular complexity index is 433. The van der Waals surface area contributed by atoms with Crippen molar-refractivity contribution in [3.05, 3.63) is 21.9 Å². The van der Waals surface area contributed by atoms with Crippen LogP contribution in [-0.4, -0.2) is 30.1 Å². The summed E-state index contributed by atoms with van der Waals surface area (Å²) in [5.41, 5.74) is 0. The van der Waals surface area contributed by atoms with Crippen molar-refractivity contribution in [2.75, 3.05) is 12.9 Å². The molecule has 2 atom stereocenters. The van der Waals surface area contributed by atoms with Crippen molar-refractivity contribution in [2.24, 2.45) is 0 Å². The van der Waals surface area contributed by atoms with Gasteiger partial charge < -0.3 is 10.1 Å². The molecule has 3 nitrogen and oxygen atoms in total. The number of thiophene rings is 1. The topological polar surface area (TPSA) is 38.3 Å². The molecule has 2 rings (SSSR count). The second-order valence-corrected chi connectivity index (χ2v) is 7.92. The molecule has 0 saturated heterocycles. The molecular weight excluding hydrogens is 290 g/mol. The minimum atomic E-state index is -0.165. The zero-order valence-corrected chi connectivity index (χ0v) is 13.8. The van der Waals surface area contributed by atoms with Gasteiger partial charge in [0.2, 0.25) is 0 Å². The van der Waals surface area contributed by atoms with Crippen LogP contribution in [0.15, 0.2) is 12.1 Å². The summed E-state index contributed by atoms with van der Waals surface area (Å²) in [6.07, 6.45) is 4.31. The largest absolute Gasteiger partial charge is 0.469 e. The lowest BCUT2D eigenvalue weighted by molar-refractivity contribution is -0.139. The van der Waals surface area contributed by atoms with Crippen molar-refractivity contribution in [3.63, 3.8) is 0 Å². The lowest BCUT2D eigenvalue weighted by atomic mass is 10.2. The zero-order valence-electron chi connectivity index (χ0n) is 12.2. The van der Waals surface area contributed by atoms with Crippen LogP contribution in [0.5, 0.6) is 0 Å². The van der Waals surface area contributed by atoms with Crippen LogP contribution in [0.4, 0.5) is 0 Å². The van der Waals surface area contributed by atoms with Crippen molar-refractivity contribution in [2.45, 2.75) is 50.4 Å². The maximum atomic E-state index is 11.2. The minimum Gasteiger partial charge on any atom is -0.469 e. The van der Waals surface area contributed by atoms with Gasteiger partial charge in [-0.15, -0.1) is 11.3 Å². The molecule has 1 aromatic rings. The molecule has 1 aliphatic rings. The molecule has 0 aliphatic heterocycles. The van der Waals surface area contributed by atoms with Gasteiger partial charge in [-0.05, 0) is 37.1 Å². The number of ether oxygens (including phenoxy) is 1. The van der Waals surface area contributed by atoms with Crippen LogP contribution in [-0.2, 0) is 22.5 Å². The molecular formula is C15H23NO2S2. The Kier molecular flexibility index (Phi) is 6.39. The Labute approximate surface area is 129 Å². The van der Waals surface area contributed by atoms with Crippen molar-refractivity contribution in [1.29, 1.82) is 0 Å². The molecule has 0 bridgehead atoms. The van der Waals surface area contributed by atoms with Gasteiger partial charge in [0.15, 0.2) is 0 Å². The third-order valence-corrected chi connectivity index (χ3v) is 5.93. The van der Waals surface area contributed by atoms with Gasteiger partial charge in [0.25, 0.3) is 0 Å². The molecule has 112 valence electrons. The van der Waals surface area contributed by atoms with Crippen LogP contribution in [0, 0.1) is 0 Å². The summed E-state index contributed by atoms with van der Waals surface area (Å²) in [4.78, 5) is 13.6. The highest BCUT2D eigenvalue weighted by molar-refractivity contribution is 7.99. The molecule has 0 radical (unpaired) electrons. The third kappa shape index (κ3) is 4.79. The minimum absolute atomic E-state index is 0.165. The smallest absolute Gasteiger partial charge is 0.310 e. The van der Waals surface area contributed by atoms with Gasteiger partial charge in [-0.3, -0.25) is 4.79 Å². The molecule has 1 aromatic heterocycles. The van der Waals surface area contributed by atoms with Crippen LogP contribution in [0.3, 0.4) is 0 Å². The lowest BCUT2D eigenvalue weighted by Gasteiger charge is -2.12. The maximum Gasteiger partial charge on any atom is 0.310 e. The van der Waals surface area contributed by atoms with E-state index in [0.29, 0.717) is 12.5 Å². The normalized spacial score (nSPS) is 22.1. The maximum absolute atomic E-state index is 11.2. The number of nitrogens with one attached hydrogen (secondary N) is 1. The van der Waals surface area contributed by atoms with Gasteiger partial charge >= 0.3 is 5.97 Å². The fourth-order valence-corrected chi connectivity index (χ4v) is 4.68. The summed E-state index contributed by atoms with van der Waals surface area (Å²) < 4.78 is 4.69. The van der Waals surface area contributed by atoms with Crippen molar-refractivity contribution in [3.8, 4) is 0 Å². The fraction of sp³-hybridized carbons (Fsp3) is 0.667. The summed E-state index contributed by atoms with van der Waals surface area (Å²) in [6.45, 7) is 3.15. The lowest BCUT2D eigenvalue weighted by Crippen LogP contribution is -2.25. The van der Waals surface area contributed by atoms with E-state index >= 15 is 0 Å². The van der Waals surface area contributed by atoms with Crippen LogP contribution >= 0.6 is 23.1 Å². The highest BCUT2D eigenvalue weighted by Gasteiger charge is 2.23. The van der Waals surface area contributed by atoms with Crippen molar-refractivity contribution in [1.82, 2.24) is 5.32 Å². The van der Waals surface area contributed by atoms with Crippen LogP contribution in [0.25, 0.3) is 0 Å². The Hall–Kier alpha value is -0.520. The predicted molar refractivity (Wildman–Crippen MR) is 86.4 cm³/mol. The van der Waals surface area contributed by atoms with E-state index in [0.717, 1.165) is 16.7 Å². The van der Waals surface area contributed by atoms with Crippen LogP contribution in [0.2, 0.25) is 0 Å². The first-order chi connectivity index (χ1) is 9.71. The predicted octanol–water partition coefficient (Wildman–Crippen LogP) is 3.23. The number of esters is 1. The van der Waals surface area contributed by atoms with Crippen molar-refractivity contribution < 1.29 is 9.53 Å². The number of carbonyl (C=O) groups is 1. The van der Waals surface area contributed by atoms with E-state index in [1.807, 2.05) is 6.07 Å². The Morgan fingerprint density at radius 3 is 3.00 bits per heavy atom. The molecule has 0 spiro atoms. The molecule has 1 fully saturated rings. The number of hydrogen-bond acceptors (Lipinski definition) is 5. The van der Waals surface area contributed by atoms with E-state index in [1.165, 1.54) is 37.0 Å². The van der Waals surface area contributed by atoms with Gasteiger partial charge in [-0.1, -0.05) is 6.92 Å². The fourth-order valence-electron chi connectivity index (χ4n) is 2.58. The number of thioether (sulfide) groups is 1. The monoisotopic (exact) mass is 313 g/mol.